The SMILES string of the molecule is Cc1ccc(CC(=O)N2CC(C(=O)O)c3ccccc32)s1. The Bertz CT molecular complexity index is 707. The summed E-state index contributed by atoms with van der Waals surface area (Å²) in [6.07, 6.45) is 0.319. The summed E-state index contributed by atoms with van der Waals surface area (Å²) >= 11 is 1.60. The molecule has 2 aromatic rings. The van der Waals surface area contributed by atoms with Crippen molar-refractivity contribution >= 4 is 28.9 Å². The first-order chi connectivity index (χ1) is 10.1. The molecule has 0 fully saturated rings. The molecule has 4 nitrogen and oxygen atoms in total. The molecule has 21 heavy (non-hydrogen) atoms. The Kier molecular flexibility index (Phi) is 3.51. The van der Waals surface area contributed by atoms with Crippen molar-refractivity contribution in [3.8, 4) is 0 Å². The van der Waals surface area contributed by atoms with Gasteiger partial charge in [0.15, 0.2) is 0 Å². The van der Waals surface area contributed by atoms with E-state index in [1.165, 1.54) is 4.88 Å². The molecule has 0 spiro atoms. The van der Waals surface area contributed by atoms with Gasteiger partial charge in [-0.1, -0.05) is 18.2 Å². The van der Waals surface area contributed by atoms with Crippen molar-refractivity contribution in [1.29, 1.82) is 0 Å². The summed E-state index contributed by atoms with van der Waals surface area (Å²) in [7, 11) is 0. The number of hydrogen-bond acceptors (Lipinski definition) is 3. The highest BCUT2D eigenvalue weighted by Crippen LogP contribution is 2.36. The van der Waals surface area contributed by atoms with Gasteiger partial charge in [-0.05, 0) is 30.7 Å². The second-order valence-electron chi connectivity index (χ2n) is 5.14. The van der Waals surface area contributed by atoms with E-state index in [4.69, 9.17) is 0 Å². The van der Waals surface area contributed by atoms with E-state index < -0.39 is 11.9 Å². The van der Waals surface area contributed by atoms with E-state index in [-0.39, 0.29) is 12.5 Å². The third-order valence-corrected chi connectivity index (χ3v) is 4.69. The molecule has 0 radical (unpaired) electrons. The predicted molar refractivity (Wildman–Crippen MR) is 81.9 cm³/mol. The molecule has 108 valence electrons. The molecule has 1 unspecified atom stereocenters. The Morgan fingerprint density at radius 2 is 2.05 bits per heavy atom. The van der Waals surface area contributed by atoms with Crippen LogP contribution in [-0.4, -0.2) is 23.5 Å². The van der Waals surface area contributed by atoms with Gasteiger partial charge in [0.2, 0.25) is 5.91 Å². The van der Waals surface area contributed by atoms with Crippen LogP contribution in [0, 0.1) is 6.92 Å². The van der Waals surface area contributed by atoms with Gasteiger partial charge in [-0.15, -0.1) is 11.3 Å². The lowest BCUT2D eigenvalue weighted by Gasteiger charge is -2.17. The quantitative estimate of drug-likeness (QED) is 0.948. The minimum atomic E-state index is -0.885. The molecule has 0 saturated carbocycles. The van der Waals surface area contributed by atoms with Crippen LogP contribution in [0.15, 0.2) is 36.4 Å². The first kappa shape index (κ1) is 13.8. The molecular formula is C16H15NO3S. The molecule has 1 amide bonds. The van der Waals surface area contributed by atoms with Crippen LogP contribution in [0.1, 0.15) is 21.2 Å². The summed E-state index contributed by atoms with van der Waals surface area (Å²) in [5.74, 6) is -1.56. The molecule has 5 heteroatoms. The van der Waals surface area contributed by atoms with Crippen molar-refractivity contribution in [2.75, 3.05) is 11.4 Å². The average molecular weight is 301 g/mol. The Labute approximate surface area is 126 Å². The summed E-state index contributed by atoms with van der Waals surface area (Å²) in [6, 6.07) is 11.2. The van der Waals surface area contributed by atoms with E-state index in [1.807, 2.05) is 37.3 Å². The molecule has 3 rings (SSSR count). The lowest BCUT2D eigenvalue weighted by atomic mass is 10.0. The number of carboxylic acids is 1. The third kappa shape index (κ3) is 2.56. The van der Waals surface area contributed by atoms with E-state index in [0.717, 1.165) is 16.1 Å². The van der Waals surface area contributed by atoms with Gasteiger partial charge in [0, 0.05) is 22.0 Å². The molecule has 0 saturated heterocycles. The van der Waals surface area contributed by atoms with E-state index in [1.54, 1.807) is 22.3 Å². The van der Waals surface area contributed by atoms with Gasteiger partial charge in [-0.2, -0.15) is 0 Å². The maximum atomic E-state index is 12.5. The van der Waals surface area contributed by atoms with Gasteiger partial charge in [-0.3, -0.25) is 9.59 Å². The van der Waals surface area contributed by atoms with Crippen LogP contribution in [-0.2, 0) is 16.0 Å². The topological polar surface area (TPSA) is 57.6 Å². The summed E-state index contributed by atoms with van der Waals surface area (Å²) in [5, 5.41) is 9.32. The van der Waals surface area contributed by atoms with Crippen molar-refractivity contribution in [3.63, 3.8) is 0 Å². The number of thiophene rings is 1. The fraction of sp³-hybridized carbons (Fsp3) is 0.250. The zero-order valence-corrected chi connectivity index (χ0v) is 12.4. The second-order valence-corrected chi connectivity index (χ2v) is 6.52. The van der Waals surface area contributed by atoms with E-state index in [0.29, 0.717) is 6.42 Å². The first-order valence-electron chi connectivity index (χ1n) is 6.73. The lowest BCUT2D eigenvalue weighted by molar-refractivity contribution is -0.138. The van der Waals surface area contributed by atoms with E-state index in [2.05, 4.69) is 0 Å². The fourth-order valence-corrected chi connectivity index (χ4v) is 3.56. The Balaban J connectivity index is 1.86. The number of carbonyl (C=O) groups is 2. The minimum Gasteiger partial charge on any atom is -0.481 e. The van der Waals surface area contributed by atoms with Crippen molar-refractivity contribution in [2.24, 2.45) is 0 Å². The first-order valence-corrected chi connectivity index (χ1v) is 7.55. The number of benzene rings is 1. The molecule has 2 heterocycles. The molecule has 0 aliphatic carbocycles. The number of carbonyl (C=O) groups excluding carboxylic acids is 1. The normalized spacial score (nSPS) is 16.8. The van der Waals surface area contributed by atoms with Crippen molar-refractivity contribution in [3.05, 3.63) is 51.7 Å². The number of aryl methyl sites for hydroxylation is 1. The molecule has 1 aromatic heterocycles. The van der Waals surface area contributed by atoms with Crippen LogP contribution in [0.4, 0.5) is 5.69 Å². The van der Waals surface area contributed by atoms with Gasteiger partial charge in [-0.25, -0.2) is 0 Å². The van der Waals surface area contributed by atoms with Crippen molar-refractivity contribution < 1.29 is 14.7 Å². The zero-order valence-electron chi connectivity index (χ0n) is 11.6. The van der Waals surface area contributed by atoms with Crippen LogP contribution in [0.5, 0.6) is 0 Å². The molecule has 1 N–H and O–H groups in total. The number of rotatable bonds is 3. The fourth-order valence-electron chi connectivity index (χ4n) is 2.68. The highest BCUT2D eigenvalue weighted by atomic mass is 32.1. The number of carboxylic acid groups (broad SMARTS) is 1. The maximum Gasteiger partial charge on any atom is 0.312 e. The number of fused-ring (bicyclic) bond motifs is 1. The van der Waals surface area contributed by atoms with Gasteiger partial charge < -0.3 is 10.0 Å². The van der Waals surface area contributed by atoms with E-state index >= 15 is 0 Å². The number of nitrogens with zero attached hydrogens (tertiary/aromatic N) is 1. The average Bonchev–Trinajstić information content (AvgIpc) is 3.02. The standard InChI is InChI=1S/C16H15NO3S/c1-10-6-7-11(21-10)8-15(18)17-9-13(16(19)20)12-4-2-3-5-14(12)17/h2-7,13H,8-9H2,1H3,(H,19,20). The molecule has 0 bridgehead atoms. The summed E-state index contributed by atoms with van der Waals surface area (Å²) < 4.78 is 0. The zero-order chi connectivity index (χ0) is 15.0. The lowest BCUT2D eigenvalue weighted by Crippen LogP contribution is -2.32. The number of para-hydroxylation sites is 1. The second kappa shape index (κ2) is 5.33. The number of anilines is 1. The van der Waals surface area contributed by atoms with Crippen LogP contribution in [0.25, 0.3) is 0 Å². The highest BCUT2D eigenvalue weighted by molar-refractivity contribution is 7.12. The molecule has 1 aliphatic heterocycles. The predicted octanol–water partition coefficient (Wildman–Crippen LogP) is 2.81. The Morgan fingerprint density at radius 3 is 2.71 bits per heavy atom. The van der Waals surface area contributed by atoms with Crippen LogP contribution >= 0.6 is 11.3 Å². The van der Waals surface area contributed by atoms with Crippen molar-refractivity contribution in [2.45, 2.75) is 19.3 Å². The van der Waals surface area contributed by atoms with E-state index in [9.17, 15) is 14.7 Å². The van der Waals surface area contributed by atoms with Crippen molar-refractivity contribution in [1.82, 2.24) is 0 Å². The monoisotopic (exact) mass is 301 g/mol. The Hall–Kier alpha value is -2.14. The molecule has 1 aliphatic rings. The molecule has 1 aromatic carbocycles. The van der Waals surface area contributed by atoms with Gasteiger partial charge in [0.1, 0.15) is 5.92 Å². The highest BCUT2D eigenvalue weighted by Gasteiger charge is 2.36. The summed E-state index contributed by atoms with van der Waals surface area (Å²) in [6.45, 7) is 2.22. The van der Waals surface area contributed by atoms with Gasteiger partial charge in [0.05, 0.1) is 6.42 Å². The Morgan fingerprint density at radius 1 is 1.29 bits per heavy atom. The summed E-state index contributed by atoms with van der Waals surface area (Å²) in [4.78, 5) is 27.6. The largest absolute Gasteiger partial charge is 0.481 e. The number of amides is 1. The smallest absolute Gasteiger partial charge is 0.312 e. The van der Waals surface area contributed by atoms with Gasteiger partial charge >= 0.3 is 5.97 Å². The summed E-state index contributed by atoms with van der Waals surface area (Å²) in [5.41, 5.74) is 1.45. The number of aliphatic carboxylic acids is 1. The van der Waals surface area contributed by atoms with Gasteiger partial charge in [0.25, 0.3) is 0 Å². The third-order valence-electron chi connectivity index (χ3n) is 3.69. The van der Waals surface area contributed by atoms with Crippen LogP contribution < -0.4 is 4.90 Å². The van der Waals surface area contributed by atoms with Crippen LogP contribution in [0.3, 0.4) is 0 Å². The molecular weight excluding hydrogens is 286 g/mol. The molecule has 1 atom stereocenters. The van der Waals surface area contributed by atoms with Crippen LogP contribution in [0.2, 0.25) is 0 Å². The maximum absolute atomic E-state index is 12.5. The minimum absolute atomic E-state index is 0.0481. The number of hydrogen-bond donors (Lipinski definition) is 1.